The average Bonchev–Trinajstić information content (AvgIpc) is 2.34. The molecule has 0 saturated carbocycles. The van der Waals surface area contributed by atoms with E-state index in [-0.39, 0.29) is 11.7 Å². The zero-order valence-corrected chi connectivity index (χ0v) is 12.8. The van der Waals surface area contributed by atoms with Gasteiger partial charge in [-0.25, -0.2) is 0 Å². The van der Waals surface area contributed by atoms with Gasteiger partial charge in [0.2, 0.25) is 5.88 Å². The lowest BCUT2D eigenvalue weighted by molar-refractivity contribution is -0.137. The molecule has 2 rings (SSSR count). The van der Waals surface area contributed by atoms with Crippen molar-refractivity contribution >= 4 is 21.7 Å². The van der Waals surface area contributed by atoms with Gasteiger partial charge in [-0.3, -0.25) is 0 Å². The fourth-order valence-corrected chi connectivity index (χ4v) is 2.06. The van der Waals surface area contributed by atoms with Crippen LogP contribution in [0.15, 0.2) is 28.7 Å². The average molecular weight is 361 g/mol. The topological polar surface area (TPSA) is 48.1 Å². The first-order chi connectivity index (χ1) is 9.66. The molecule has 0 aliphatic carbocycles. The van der Waals surface area contributed by atoms with Crippen molar-refractivity contribution in [1.82, 2.24) is 4.98 Å². The highest BCUT2D eigenvalue weighted by Gasteiger charge is 2.31. The first-order valence-corrected chi connectivity index (χ1v) is 6.75. The lowest BCUT2D eigenvalue weighted by atomic mass is 10.1. The Balaban J connectivity index is 2.38. The Bertz CT molecular complexity index is 663. The molecule has 0 spiro atoms. The lowest BCUT2D eigenvalue weighted by Crippen LogP contribution is -2.07. The minimum atomic E-state index is -4.50. The molecule has 0 saturated heterocycles. The van der Waals surface area contributed by atoms with Crippen LogP contribution in [0.2, 0.25) is 0 Å². The SMILES string of the molecule is Cc1cc(Oc2cc(C(F)(F)F)cc(N)n2)cc(C)c1Br. The molecule has 7 heteroatoms. The number of hydrogen-bond acceptors (Lipinski definition) is 3. The van der Waals surface area contributed by atoms with Crippen molar-refractivity contribution < 1.29 is 17.9 Å². The number of pyridine rings is 1. The van der Waals surface area contributed by atoms with Crippen molar-refractivity contribution in [2.75, 3.05) is 5.73 Å². The molecule has 1 aromatic carbocycles. The molecule has 1 heterocycles. The van der Waals surface area contributed by atoms with E-state index in [0.29, 0.717) is 5.75 Å². The Hall–Kier alpha value is -1.76. The largest absolute Gasteiger partial charge is 0.439 e. The molecule has 1 aromatic heterocycles. The number of halogens is 4. The molecule has 0 unspecified atom stereocenters. The summed E-state index contributed by atoms with van der Waals surface area (Å²) in [7, 11) is 0. The number of nitrogens with two attached hydrogens (primary N) is 1. The van der Waals surface area contributed by atoms with Gasteiger partial charge in [-0.05, 0) is 43.2 Å². The maximum atomic E-state index is 12.7. The highest BCUT2D eigenvalue weighted by molar-refractivity contribution is 9.10. The normalized spacial score (nSPS) is 11.5. The van der Waals surface area contributed by atoms with Crippen LogP contribution in [0, 0.1) is 13.8 Å². The van der Waals surface area contributed by atoms with Crippen LogP contribution in [0.4, 0.5) is 19.0 Å². The molecule has 0 amide bonds. The van der Waals surface area contributed by atoms with E-state index < -0.39 is 11.7 Å². The van der Waals surface area contributed by atoms with Crippen LogP contribution in [-0.2, 0) is 6.18 Å². The van der Waals surface area contributed by atoms with Gasteiger partial charge < -0.3 is 10.5 Å². The summed E-state index contributed by atoms with van der Waals surface area (Å²) >= 11 is 3.41. The third-order valence-electron chi connectivity index (χ3n) is 2.78. The van der Waals surface area contributed by atoms with Crippen LogP contribution in [0.5, 0.6) is 11.6 Å². The number of nitrogen functional groups attached to an aromatic ring is 1. The summed E-state index contributed by atoms with van der Waals surface area (Å²) in [6.07, 6.45) is -4.50. The molecule has 3 nitrogen and oxygen atoms in total. The van der Waals surface area contributed by atoms with Crippen molar-refractivity contribution in [2.24, 2.45) is 0 Å². The molecule has 0 aliphatic rings. The molecule has 0 aliphatic heterocycles. The van der Waals surface area contributed by atoms with Gasteiger partial charge in [0, 0.05) is 10.5 Å². The molecule has 0 bridgehead atoms. The van der Waals surface area contributed by atoms with E-state index in [1.807, 2.05) is 13.8 Å². The highest BCUT2D eigenvalue weighted by atomic mass is 79.9. The van der Waals surface area contributed by atoms with Gasteiger partial charge in [-0.1, -0.05) is 15.9 Å². The third-order valence-corrected chi connectivity index (χ3v) is 4.03. The number of benzene rings is 1. The molecule has 0 atom stereocenters. The van der Waals surface area contributed by atoms with Crippen LogP contribution >= 0.6 is 15.9 Å². The summed E-state index contributed by atoms with van der Waals surface area (Å²) in [5, 5.41) is 0. The van der Waals surface area contributed by atoms with E-state index in [1.165, 1.54) is 0 Å². The standard InChI is InChI=1S/C14H12BrF3N2O/c1-7-3-10(4-8(2)13(7)15)21-12-6-9(14(16,17)18)5-11(19)20-12/h3-6H,1-2H3,(H2,19,20). The van der Waals surface area contributed by atoms with E-state index >= 15 is 0 Å². The number of anilines is 1. The van der Waals surface area contributed by atoms with Crippen LogP contribution in [0.1, 0.15) is 16.7 Å². The monoisotopic (exact) mass is 360 g/mol. The minimum Gasteiger partial charge on any atom is -0.439 e. The second kappa shape index (κ2) is 5.55. The van der Waals surface area contributed by atoms with E-state index in [9.17, 15) is 13.2 Å². The van der Waals surface area contributed by atoms with Crippen molar-refractivity contribution in [1.29, 1.82) is 0 Å². The van der Waals surface area contributed by atoms with Gasteiger partial charge in [-0.15, -0.1) is 0 Å². The smallest absolute Gasteiger partial charge is 0.416 e. The van der Waals surface area contributed by atoms with Crippen molar-refractivity contribution in [3.63, 3.8) is 0 Å². The van der Waals surface area contributed by atoms with Crippen molar-refractivity contribution in [3.8, 4) is 11.6 Å². The van der Waals surface area contributed by atoms with Crippen LogP contribution in [0.3, 0.4) is 0 Å². The van der Waals surface area contributed by atoms with Gasteiger partial charge >= 0.3 is 6.18 Å². The number of rotatable bonds is 2. The predicted octanol–water partition coefficient (Wildman–Crippen LogP) is 4.85. The van der Waals surface area contributed by atoms with E-state index in [0.717, 1.165) is 27.7 Å². The van der Waals surface area contributed by atoms with Crippen LogP contribution in [0.25, 0.3) is 0 Å². The second-order valence-electron chi connectivity index (χ2n) is 4.59. The van der Waals surface area contributed by atoms with Gasteiger partial charge in [0.1, 0.15) is 11.6 Å². The Morgan fingerprint density at radius 3 is 2.19 bits per heavy atom. The quantitative estimate of drug-likeness (QED) is 0.832. The van der Waals surface area contributed by atoms with E-state index in [4.69, 9.17) is 10.5 Å². The van der Waals surface area contributed by atoms with E-state index in [1.54, 1.807) is 12.1 Å². The van der Waals surface area contributed by atoms with Crippen molar-refractivity contribution in [2.45, 2.75) is 20.0 Å². The van der Waals surface area contributed by atoms with Crippen LogP contribution < -0.4 is 10.5 Å². The van der Waals surface area contributed by atoms with Crippen molar-refractivity contribution in [3.05, 3.63) is 45.4 Å². The summed E-state index contributed by atoms with van der Waals surface area (Å²) in [5.74, 6) is -0.0340. The summed E-state index contributed by atoms with van der Waals surface area (Å²) in [5.41, 5.74) is 6.32. The summed E-state index contributed by atoms with van der Waals surface area (Å²) in [6, 6.07) is 5.00. The molecule has 2 aromatic rings. The Labute approximate surface area is 128 Å². The first-order valence-electron chi connectivity index (χ1n) is 5.96. The summed E-state index contributed by atoms with van der Waals surface area (Å²) in [6.45, 7) is 3.72. The third kappa shape index (κ3) is 3.66. The summed E-state index contributed by atoms with van der Waals surface area (Å²) < 4.78 is 44.5. The highest BCUT2D eigenvalue weighted by Crippen LogP contribution is 2.34. The Kier molecular flexibility index (Phi) is 4.13. The maximum Gasteiger partial charge on any atom is 0.416 e. The number of nitrogens with zero attached hydrogens (tertiary/aromatic N) is 1. The summed E-state index contributed by atoms with van der Waals surface area (Å²) in [4.78, 5) is 3.77. The van der Waals surface area contributed by atoms with E-state index in [2.05, 4.69) is 20.9 Å². The zero-order chi connectivity index (χ0) is 15.8. The Morgan fingerprint density at radius 2 is 1.67 bits per heavy atom. The number of hydrogen-bond donors (Lipinski definition) is 1. The fraction of sp³-hybridized carbons (Fsp3) is 0.214. The number of alkyl halides is 3. The fourth-order valence-electron chi connectivity index (χ4n) is 1.83. The maximum absolute atomic E-state index is 12.7. The first kappa shape index (κ1) is 15.6. The molecule has 0 radical (unpaired) electrons. The van der Waals surface area contributed by atoms with Gasteiger partial charge in [0.05, 0.1) is 5.56 Å². The number of aromatic nitrogens is 1. The Morgan fingerprint density at radius 1 is 1.10 bits per heavy atom. The lowest BCUT2D eigenvalue weighted by Gasteiger charge is -2.12. The molecule has 0 fully saturated rings. The second-order valence-corrected chi connectivity index (χ2v) is 5.38. The number of ether oxygens (including phenoxy) is 1. The molecular formula is C14H12BrF3N2O. The van der Waals surface area contributed by atoms with Gasteiger partial charge in [-0.2, -0.15) is 18.2 Å². The molecule has 112 valence electrons. The van der Waals surface area contributed by atoms with Gasteiger partial charge in [0.15, 0.2) is 0 Å². The zero-order valence-electron chi connectivity index (χ0n) is 11.3. The number of aryl methyl sites for hydroxylation is 2. The molecular weight excluding hydrogens is 349 g/mol. The van der Waals surface area contributed by atoms with Gasteiger partial charge in [0.25, 0.3) is 0 Å². The molecule has 21 heavy (non-hydrogen) atoms. The minimum absolute atomic E-state index is 0.191. The van der Waals surface area contributed by atoms with Crippen LogP contribution in [-0.4, -0.2) is 4.98 Å². The predicted molar refractivity (Wildman–Crippen MR) is 77.3 cm³/mol. The molecule has 2 N–H and O–H groups in total.